The van der Waals surface area contributed by atoms with Gasteiger partial charge in [0, 0.05) is 6.07 Å². The van der Waals surface area contributed by atoms with Crippen LogP contribution in [-0.4, -0.2) is 46.8 Å². The van der Waals surface area contributed by atoms with E-state index in [2.05, 4.69) is 0 Å². The first-order valence-corrected chi connectivity index (χ1v) is 7.47. The van der Waals surface area contributed by atoms with Crippen molar-refractivity contribution in [2.75, 3.05) is 13.2 Å². The Kier molecular flexibility index (Phi) is 7.06. The molecule has 10 nitrogen and oxygen atoms in total. The number of rotatable bonds is 8. The SMILES string of the molecule is CC(C)(C)OC(=O)COC(=O)Cc1ccc(OCC(=O)O)c([N+](=O)[O-])c1. The molecule has 0 amide bonds. The van der Waals surface area contributed by atoms with Crippen LogP contribution in [-0.2, 0) is 30.3 Å². The number of hydrogen-bond donors (Lipinski definition) is 1. The molecule has 1 N–H and O–H groups in total. The summed E-state index contributed by atoms with van der Waals surface area (Å²) in [6, 6.07) is 3.63. The number of aliphatic carboxylic acids is 1. The van der Waals surface area contributed by atoms with Crippen molar-refractivity contribution in [1.82, 2.24) is 0 Å². The van der Waals surface area contributed by atoms with Gasteiger partial charge in [-0.15, -0.1) is 0 Å². The summed E-state index contributed by atoms with van der Waals surface area (Å²) in [4.78, 5) is 44.0. The smallest absolute Gasteiger partial charge is 0.344 e. The second kappa shape index (κ2) is 8.79. The van der Waals surface area contributed by atoms with Gasteiger partial charge in [-0.1, -0.05) is 6.07 Å². The molecule has 0 saturated carbocycles. The summed E-state index contributed by atoms with van der Waals surface area (Å²) >= 11 is 0. The maximum atomic E-state index is 11.8. The molecule has 0 bridgehead atoms. The van der Waals surface area contributed by atoms with E-state index in [1.807, 2.05) is 0 Å². The number of hydrogen-bond acceptors (Lipinski definition) is 8. The predicted octanol–water partition coefficient (Wildman–Crippen LogP) is 1.49. The summed E-state index contributed by atoms with van der Waals surface area (Å²) in [6.45, 7) is 3.69. The van der Waals surface area contributed by atoms with Crippen LogP contribution in [0.15, 0.2) is 18.2 Å². The Hall–Kier alpha value is -3.17. The quantitative estimate of drug-likeness (QED) is 0.409. The van der Waals surface area contributed by atoms with Crippen LogP contribution in [0.5, 0.6) is 5.75 Å². The Balaban J connectivity index is 2.70. The molecule has 0 saturated heterocycles. The van der Waals surface area contributed by atoms with Gasteiger partial charge in [0.25, 0.3) is 0 Å². The Morgan fingerprint density at radius 3 is 2.35 bits per heavy atom. The van der Waals surface area contributed by atoms with Crippen LogP contribution in [0.3, 0.4) is 0 Å². The largest absolute Gasteiger partial charge is 0.479 e. The highest BCUT2D eigenvalue weighted by atomic mass is 16.6. The second-order valence-electron chi connectivity index (χ2n) is 6.17. The highest BCUT2D eigenvalue weighted by molar-refractivity contribution is 5.78. The van der Waals surface area contributed by atoms with Gasteiger partial charge in [-0.05, 0) is 32.4 Å². The topological polar surface area (TPSA) is 142 Å². The van der Waals surface area contributed by atoms with Crippen LogP contribution >= 0.6 is 0 Å². The number of carbonyl (C=O) groups excluding carboxylic acids is 2. The van der Waals surface area contributed by atoms with Crippen molar-refractivity contribution in [3.63, 3.8) is 0 Å². The fourth-order valence-corrected chi connectivity index (χ4v) is 1.81. The minimum Gasteiger partial charge on any atom is -0.479 e. The Bertz CT molecular complexity index is 706. The molecule has 1 rings (SSSR count). The van der Waals surface area contributed by atoms with E-state index in [1.165, 1.54) is 12.1 Å². The number of benzene rings is 1. The van der Waals surface area contributed by atoms with Gasteiger partial charge in [0.15, 0.2) is 19.0 Å². The van der Waals surface area contributed by atoms with E-state index in [9.17, 15) is 24.5 Å². The number of carboxylic acids is 1. The number of nitro benzene ring substituents is 1. The van der Waals surface area contributed by atoms with Gasteiger partial charge in [-0.2, -0.15) is 0 Å². The maximum absolute atomic E-state index is 11.8. The van der Waals surface area contributed by atoms with Crippen molar-refractivity contribution in [3.05, 3.63) is 33.9 Å². The minimum absolute atomic E-state index is 0.233. The molecule has 0 radical (unpaired) electrons. The van der Waals surface area contributed by atoms with Gasteiger partial charge in [0.1, 0.15) is 5.60 Å². The number of nitro groups is 1. The van der Waals surface area contributed by atoms with Gasteiger partial charge in [0.05, 0.1) is 11.3 Å². The van der Waals surface area contributed by atoms with E-state index in [4.69, 9.17) is 19.3 Å². The average Bonchev–Trinajstić information content (AvgIpc) is 2.49. The lowest BCUT2D eigenvalue weighted by molar-refractivity contribution is -0.385. The molecule has 10 heteroatoms. The molecule has 0 aromatic heterocycles. The molecular weight excluding hydrogens is 350 g/mol. The van der Waals surface area contributed by atoms with Crippen LogP contribution in [0.25, 0.3) is 0 Å². The van der Waals surface area contributed by atoms with Crippen LogP contribution in [0.4, 0.5) is 5.69 Å². The zero-order chi connectivity index (χ0) is 19.9. The molecule has 0 spiro atoms. The number of carbonyl (C=O) groups is 3. The first-order chi connectivity index (χ1) is 12.0. The molecule has 0 atom stereocenters. The third kappa shape index (κ3) is 7.60. The summed E-state index contributed by atoms with van der Waals surface area (Å²) in [6.07, 6.45) is -0.317. The van der Waals surface area contributed by atoms with E-state index < -0.39 is 47.3 Å². The molecule has 0 unspecified atom stereocenters. The predicted molar refractivity (Wildman–Crippen MR) is 86.7 cm³/mol. The van der Waals surface area contributed by atoms with E-state index in [0.29, 0.717) is 0 Å². The van der Waals surface area contributed by atoms with Gasteiger partial charge in [-0.25, -0.2) is 9.59 Å². The summed E-state index contributed by atoms with van der Waals surface area (Å²) in [5.74, 6) is -3.00. The summed E-state index contributed by atoms with van der Waals surface area (Å²) in [7, 11) is 0. The number of carboxylic acid groups (broad SMARTS) is 1. The molecule has 0 aliphatic heterocycles. The Morgan fingerprint density at radius 1 is 1.15 bits per heavy atom. The number of esters is 2. The highest BCUT2D eigenvalue weighted by Gasteiger charge is 2.20. The molecule has 0 heterocycles. The first kappa shape index (κ1) is 20.9. The molecule has 1 aromatic rings. The van der Waals surface area contributed by atoms with E-state index >= 15 is 0 Å². The summed E-state index contributed by atoms with van der Waals surface area (Å²) in [5.41, 5.74) is -0.951. The molecule has 0 fully saturated rings. The van der Waals surface area contributed by atoms with E-state index in [1.54, 1.807) is 20.8 Å². The summed E-state index contributed by atoms with van der Waals surface area (Å²) in [5, 5.41) is 19.6. The molecule has 0 aliphatic rings. The Labute approximate surface area is 148 Å². The van der Waals surface area contributed by atoms with Gasteiger partial charge >= 0.3 is 23.6 Å². The maximum Gasteiger partial charge on any atom is 0.344 e. The van der Waals surface area contributed by atoms with Crippen molar-refractivity contribution < 1.29 is 38.6 Å². The van der Waals surface area contributed by atoms with Crippen molar-refractivity contribution in [2.24, 2.45) is 0 Å². The van der Waals surface area contributed by atoms with E-state index in [0.717, 1.165) is 6.07 Å². The van der Waals surface area contributed by atoms with Gasteiger partial charge in [0.2, 0.25) is 0 Å². The summed E-state index contributed by atoms with van der Waals surface area (Å²) < 4.78 is 14.6. The zero-order valence-corrected chi connectivity index (χ0v) is 14.5. The molecule has 26 heavy (non-hydrogen) atoms. The second-order valence-corrected chi connectivity index (χ2v) is 6.17. The Morgan fingerprint density at radius 2 is 1.81 bits per heavy atom. The van der Waals surface area contributed by atoms with Crippen molar-refractivity contribution in [1.29, 1.82) is 0 Å². The van der Waals surface area contributed by atoms with Crippen molar-refractivity contribution in [2.45, 2.75) is 32.8 Å². The number of nitrogens with zero attached hydrogens (tertiary/aromatic N) is 1. The molecule has 0 aliphatic carbocycles. The first-order valence-electron chi connectivity index (χ1n) is 7.47. The van der Waals surface area contributed by atoms with E-state index in [-0.39, 0.29) is 17.7 Å². The third-order valence-electron chi connectivity index (χ3n) is 2.69. The number of ether oxygens (including phenoxy) is 3. The highest BCUT2D eigenvalue weighted by Crippen LogP contribution is 2.28. The van der Waals surface area contributed by atoms with Crippen LogP contribution in [0.2, 0.25) is 0 Å². The third-order valence-corrected chi connectivity index (χ3v) is 2.69. The van der Waals surface area contributed by atoms with Gasteiger partial charge < -0.3 is 19.3 Å². The lowest BCUT2D eigenvalue weighted by Gasteiger charge is -2.19. The monoisotopic (exact) mass is 369 g/mol. The zero-order valence-electron chi connectivity index (χ0n) is 14.5. The van der Waals surface area contributed by atoms with Crippen LogP contribution in [0, 0.1) is 10.1 Å². The lowest BCUT2D eigenvalue weighted by atomic mass is 10.1. The molecule has 1 aromatic carbocycles. The standard InChI is InChI=1S/C16H19NO9/c1-16(2,3)26-15(21)9-25-14(20)7-10-4-5-12(24-8-13(18)19)11(6-10)17(22)23/h4-6H,7-9H2,1-3H3,(H,18,19). The molecule has 142 valence electrons. The van der Waals surface area contributed by atoms with Crippen LogP contribution in [0.1, 0.15) is 26.3 Å². The fourth-order valence-electron chi connectivity index (χ4n) is 1.81. The normalized spacial score (nSPS) is 10.7. The molecular formula is C16H19NO9. The minimum atomic E-state index is -1.28. The van der Waals surface area contributed by atoms with Crippen LogP contribution < -0.4 is 4.74 Å². The lowest BCUT2D eigenvalue weighted by Crippen LogP contribution is -2.27. The van der Waals surface area contributed by atoms with Crippen molar-refractivity contribution >= 4 is 23.6 Å². The average molecular weight is 369 g/mol. The van der Waals surface area contributed by atoms with Gasteiger partial charge in [-0.3, -0.25) is 14.9 Å². The van der Waals surface area contributed by atoms with Crippen molar-refractivity contribution in [3.8, 4) is 5.75 Å². The fraction of sp³-hybridized carbons (Fsp3) is 0.438.